The van der Waals surface area contributed by atoms with Crippen LogP contribution in [0, 0.1) is 5.92 Å². The van der Waals surface area contributed by atoms with Crippen LogP contribution in [0.15, 0.2) is 0 Å². The first-order chi connectivity index (χ1) is 6.22. The largest absolute Gasteiger partial charge is 0.314 e. The normalized spacial score (nSPS) is 29.4. The van der Waals surface area contributed by atoms with Crippen LogP contribution in [0.4, 0.5) is 0 Å². The molecular formula is C9H19NO2S. The van der Waals surface area contributed by atoms with Gasteiger partial charge < -0.3 is 5.32 Å². The van der Waals surface area contributed by atoms with Crippen molar-refractivity contribution in [3.63, 3.8) is 0 Å². The molecule has 0 bridgehead atoms. The van der Waals surface area contributed by atoms with Gasteiger partial charge in [0.05, 0.1) is 5.75 Å². The van der Waals surface area contributed by atoms with Gasteiger partial charge in [-0.25, -0.2) is 8.42 Å². The molecule has 0 aromatic heterocycles. The molecule has 1 saturated carbocycles. The lowest BCUT2D eigenvalue weighted by Crippen LogP contribution is -2.33. The minimum Gasteiger partial charge on any atom is -0.314 e. The first-order valence-corrected chi connectivity index (χ1v) is 6.43. The third-order valence-corrected chi connectivity index (χ3v) is 3.56. The predicted molar refractivity (Wildman–Crippen MR) is 54.6 cm³/mol. The van der Waals surface area contributed by atoms with E-state index >= 15 is 0 Å². The van der Waals surface area contributed by atoms with Crippen LogP contribution in [0.3, 0.4) is 0 Å². The first-order valence-electron chi connectivity index (χ1n) is 5.07. The minimum absolute atomic E-state index is 0.397. The van der Waals surface area contributed by atoms with Crippen LogP contribution >= 0.6 is 0 Å². The lowest BCUT2D eigenvalue weighted by molar-refractivity contribution is 0.313. The summed E-state index contributed by atoms with van der Waals surface area (Å²) in [5, 5.41) is 3.41. The quantitative estimate of drug-likeness (QED) is 0.666. The predicted octanol–water partition coefficient (Wildman–Crippen LogP) is 0.766. The van der Waals surface area contributed by atoms with Gasteiger partial charge in [-0.1, -0.05) is 6.92 Å². The minimum atomic E-state index is -2.17. The van der Waals surface area contributed by atoms with E-state index in [0.29, 0.717) is 17.7 Å². The maximum absolute atomic E-state index is 10.5. The Morgan fingerprint density at radius 3 is 2.31 bits per heavy atom. The first kappa shape index (κ1) is 11.0. The lowest BCUT2D eigenvalue weighted by atomic mass is 9.87. The van der Waals surface area contributed by atoms with E-state index in [1.807, 2.05) is 0 Å². The molecule has 1 aliphatic rings. The molecule has 0 radical (unpaired) electrons. The average molecular weight is 205 g/mol. The van der Waals surface area contributed by atoms with Gasteiger partial charge in [-0.05, 0) is 38.1 Å². The summed E-state index contributed by atoms with van der Waals surface area (Å²) in [5.74, 6) is 0.824. The van der Waals surface area contributed by atoms with Crippen LogP contribution in [0.25, 0.3) is 0 Å². The van der Waals surface area contributed by atoms with E-state index in [2.05, 4.69) is 12.2 Å². The second kappa shape index (κ2) is 5.60. The van der Waals surface area contributed by atoms with E-state index in [-0.39, 0.29) is 0 Å². The van der Waals surface area contributed by atoms with Crippen LogP contribution in [0.1, 0.15) is 32.6 Å². The SMILES string of the molecule is CCNC1CCC(C[SH](=O)=O)CC1. The smallest absolute Gasteiger partial charge is 0.140 e. The highest BCUT2D eigenvalue weighted by atomic mass is 32.2. The summed E-state index contributed by atoms with van der Waals surface area (Å²) in [6.45, 7) is 3.13. The Hall–Kier alpha value is -0.0900. The molecule has 78 valence electrons. The molecule has 1 fully saturated rings. The van der Waals surface area contributed by atoms with Crippen molar-refractivity contribution in [3.05, 3.63) is 0 Å². The summed E-state index contributed by atoms with van der Waals surface area (Å²) in [6.07, 6.45) is 4.42. The van der Waals surface area contributed by atoms with Gasteiger partial charge in [0.1, 0.15) is 10.7 Å². The molecule has 1 rings (SSSR count). The molecule has 0 aliphatic heterocycles. The monoisotopic (exact) mass is 205 g/mol. The Morgan fingerprint density at radius 1 is 1.23 bits per heavy atom. The summed E-state index contributed by atoms with van der Waals surface area (Å²) in [6, 6.07) is 0.630. The summed E-state index contributed by atoms with van der Waals surface area (Å²) < 4.78 is 21.0. The molecule has 0 saturated heterocycles. The average Bonchev–Trinajstić information content (AvgIpc) is 2.08. The molecule has 0 atom stereocenters. The van der Waals surface area contributed by atoms with E-state index in [4.69, 9.17) is 0 Å². The van der Waals surface area contributed by atoms with E-state index in [1.54, 1.807) is 0 Å². The van der Waals surface area contributed by atoms with Crippen molar-refractivity contribution in [1.29, 1.82) is 0 Å². The van der Waals surface area contributed by atoms with E-state index in [0.717, 1.165) is 32.2 Å². The van der Waals surface area contributed by atoms with Crippen molar-refractivity contribution in [3.8, 4) is 0 Å². The zero-order valence-corrected chi connectivity index (χ0v) is 9.06. The molecule has 0 heterocycles. The molecular weight excluding hydrogens is 186 g/mol. The summed E-state index contributed by atoms with van der Waals surface area (Å²) in [7, 11) is -2.17. The Morgan fingerprint density at radius 2 is 1.85 bits per heavy atom. The van der Waals surface area contributed by atoms with Crippen molar-refractivity contribution in [2.24, 2.45) is 5.92 Å². The summed E-state index contributed by atoms with van der Waals surface area (Å²) in [4.78, 5) is 0. The zero-order chi connectivity index (χ0) is 9.68. The van der Waals surface area contributed by atoms with Gasteiger partial charge in [-0.3, -0.25) is 0 Å². The number of nitrogens with one attached hydrogen (secondary N) is 1. The van der Waals surface area contributed by atoms with Crippen molar-refractivity contribution in [1.82, 2.24) is 5.32 Å². The zero-order valence-electron chi connectivity index (χ0n) is 8.16. The van der Waals surface area contributed by atoms with Crippen LogP contribution in [-0.4, -0.2) is 26.8 Å². The highest BCUT2D eigenvalue weighted by Gasteiger charge is 2.20. The van der Waals surface area contributed by atoms with Gasteiger partial charge in [0.25, 0.3) is 0 Å². The molecule has 13 heavy (non-hydrogen) atoms. The van der Waals surface area contributed by atoms with Gasteiger partial charge in [-0.2, -0.15) is 0 Å². The van der Waals surface area contributed by atoms with E-state index < -0.39 is 10.7 Å². The summed E-state index contributed by atoms with van der Waals surface area (Å²) in [5.41, 5.74) is 0. The Labute approximate surface area is 81.9 Å². The van der Waals surface area contributed by atoms with Crippen molar-refractivity contribution in [2.45, 2.75) is 38.6 Å². The number of hydrogen-bond donors (Lipinski definition) is 2. The Bertz CT molecular complexity index is 200. The number of thiol groups is 1. The fraction of sp³-hybridized carbons (Fsp3) is 1.00. The van der Waals surface area contributed by atoms with E-state index in [1.165, 1.54) is 0 Å². The molecule has 0 spiro atoms. The van der Waals surface area contributed by atoms with Crippen molar-refractivity contribution < 1.29 is 8.42 Å². The standard InChI is InChI=1S/C9H19NO2S/c1-2-10-9-5-3-8(4-6-9)7-13(11)12/h8-10,13H,2-7H2,1H3. The van der Waals surface area contributed by atoms with Crippen molar-refractivity contribution in [2.75, 3.05) is 12.3 Å². The Kier molecular flexibility index (Phi) is 4.73. The topological polar surface area (TPSA) is 46.2 Å². The molecule has 0 amide bonds. The van der Waals surface area contributed by atoms with Gasteiger partial charge in [0.15, 0.2) is 0 Å². The van der Waals surface area contributed by atoms with Crippen LogP contribution in [-0.2, 0) is 10.7 Å². The summed E-state index contributed by atoms with van der Waals surface area (Å²) >= 11 is 0. The molecule has 0 aromatic carbocycles. The van der Waals surface area contributed by atoms with Crippen LogP contribution in [0.2, 0.25) is 0 Å². The number of hydrogen-bond acceptors (Lipinski definition) is 3. The highest BCUT2D eigenvalue weighted by Crippen LogP contribution is 2.24. The van der Waals surface area contributed by atoms with Gasteiger partial charge in [0.2, 0.25) is 0 Å². The maximum atomic E-state index is 10.5. The lowest BCUT2D eigenvalue weighted by Gasteiger charge is -2.27. The molecule has 4 heteroatoms. The van der Waals surface area contributed by atoms with Gasteiger partial charge >= 0.3 is 0 Å². The number of rotatable bonds is 4. The van der Waals surface area contributed by atoms with Crippen molar-refractivity contribution >= 4 is 10.7 Å². The van der Waals surface area contributed by atoms with E-state index in [9.17, 15) is 8.42 Å². The third-order valence-electron chi connectivity index (χ3n) is 2.75. The maximum Gasteiger partial charge on any atom is 0.140 e. The second-order valence-corrected chi connectivity index (χ2v) is 4.82. The Balaban J connectivity index is 2.22. The third kappa shape index (κ3) is 4.09. The van der Waals surface area contributed by atoms with Gasteiger partial charge in [0, 0.05) is 6.04 Å². The fourth-order valence-electron chi connectivity index (χ4n) is 2.05. The van der Waals surface area contributed by atoms with Crippen LogP contribution < -0.4 is 5.32 Å². The molecule has 0 aromatic rings. The van der Waals surface area contributed by atoms with Gasteiger partial charge in [-0.15, -0.1) is 0 Å². The highest BCUT2D eigenvalue weighted by molar-refractivity contribution is 7.72. The molecule has 0 unspecified atom stereocenters. The molecule has 3 nitrogen and oxygen atoms in total. The van der Waals surface area contributed by atoms with Crippen LogP contribution in [0.5, 0.6) is 0 Å². The second-order valence-electron chi connectivity index (χ2n) is 3.79. The fourth-order valence-corrected chi connectivity index (χ4v) is 2.84. The molecule has 1 N–H and O–H groups in total. The molecule has 1 aliphatic carbocycles.